The molecule has 1 aliphatic rings. The molecule has 1 fully saturated rings. The molecule has 0 amide bonds. The largest absolute Gasteiger partial charge is 0.310 e. The summed E-state index contributed by atoms with van der Waals surface area (Å²) in [6.07, 6.45) is 6.27. The Morgan fingerprint density at radius 3 is 2.67 bits per heavy atom. The highest BCUT2D eigenvalue weighted by atomic mass is 35.5. The summed E-state index contributed by atoms with van der Waals surface area (Å²) in [5, 5.41) is 4.97. The zero-order valence-electron chi connectivity index (χ0n) is 12.9. The predicted octanol–water partition coefficient (Wildman–Crippen LogP) is 4.91. The minimum atomic E-state index is 0.290. The average Bonchev–Trinajstić information content (AvgIpc) is 2.52. The van der Waals surface area contributed by atoms with Gasteiger partial charge in [-0.1, -0.05) is 48.7 Å². The fraction of sp³-hybridized carbons (Fsp3) is 0.647. The lowest BCUT2D eigenvalue weighted by Gasteiger charge is -2.29. The van der Waals surface area contributed by atoms with Crippen LogP contribution in [-0.2, 0) is 0 Å². The molecule has 0 bridgehead atoms. The average molecular weight is 329 g/mol. The predicted molar refractivity (Wildman–Crippen MR) is 92.4 cm³/mol. The van der Waals surface area contributed by atoms with Crippen LogP contribution < -0.4 is 5.32 Å². The molecule has 1 N–H and O–H groups in total. The molecule has 2 nitrogen and oxygen atoms in total. The zero-order valence-corrected chi connectivity index (χ0v) is 14.4. The van der Waals surface area contributed by atoms with Crippen LogP contribution in [0, 0.1) is 0 Å². The van der Waals surface area contributed by atoms with Gasteiger partial charge in [0.1, 0.15) is 0 Å². The van der Waals surface area contributed by atoms with E-state index in [1.165, 1.54) is 32.4 Å². The van der Waals surface area contributed by atoms with Crippen LogP contribution in [0.5, 0.6) is 0 Å². The molecule has 0 spiro atoms. The second kappa shape index (κ2) is 8.99. The molecule has 1 aliphatic heterocycles. The molecule has 1 unspecified atom stereocenters. The second-order valence-corrected chi connectivity index (χ2v) is 6.63. The third-order valence-corrected chi connectivity index (χ3v) is 5.01. The van der Waals surface area contributed by atoms with Gasteiger partial charge in [0, 0.05) is 6.04 Å². The second-order valence-electron chi connectivity index (χ2n) is 5.84. The number of nitrogens with zero attached hydrogens (tertiary/aromatic N) is 1. The molecule has 118 valence electrons. The van der Waals surface area contributed by atoms with E-state index >= 15 is 0 Å². The lowest BCUT2D eigenvalue weighted by atomic mass is 10.0. The van der Waals surface area contributed by atoms with Crippen molar-refractivity contribution < 1.29 is 0 Å². The van der Waals surface area contributed by atoms with Crippen molar-refractivity contribution >= 4 is 23.2 Å². The van der Waals surface area contributed by atoms with Gasteiger partial charge in [-0.05, 0) is 63.5 Å². The number of benzene rings is 1. The molecule has 0 aromatic heterocycles. The number of halogens is 2. The van der Waals surface area contributed by atoms with Crippen molar-refractivity contribution in [1.29, 1.82) is 0 Å². The highest BCUT2D eigenvalue weighted by molar-refractivity contribution is 6.42. The molecular weight excluding hydrogens is 303 g/mol. The van der Waals surface area contributed by atoms with Gasteiger partial charge in [0.2, 0.25) is 0 Å². The van der Waals surface area contributed by atoms with Crippen molar-refractivity contribution in [2.24, 2.45) is 0 Å². The van der Waals surface area contributed by atoms with Crippen molar-refractivity contribution in [3.8, 4) is 0 Å². The highest BCUT2D eigenvalue weighted by Crippen LogP contribution is 2.31. The summed E-state index contributed by atoms with van der Waals surface area (Å²) >= 11 is 12.6. The summed E-state index contributed by atoms with van der Waals surface area (Å²) in [7, 11) is 0. The van der Waals surface area contributed by atoms with Gasteiger partial charge in [-0.2, -0.15) is 0 Å². The standard InChI is InChI=1S/C17H26Cl2N2/c1-2-10-20-16(9-13-21-11-4-3-5-12-21)14-7-6-8-15(18)17(14)19/h6-8,16,20H,2-5,9-13H2,1H3. The van der Waals surface area contributed by atoms with E-state index in [0.717, 1.165) is 31.5 Å². The first-order valence-electron chi connectivity index (χ1n) is 8.12. The molecule has 0 aliphatic carbocycles. The third kappa shape index (κ3) is 5.14. The number of rotatable bonds is 7. The topological polar surface area (TPSA) is 15.3 Å². The number of nitrogens with one attached hydrogen (secondary N) is 1. The Balaban J connectivity index is 2.01. The maximum atomic E-state index is 6.40. The molecule has 1 saturated heterocycles. The van der Waals surface area contributed by atoms with Crippen LogP contribution in [0.1, 0.15) is 50.6 Å². The number of hydrogen-bond donors (Lipinski definition) is 1. The lowest BCUT2D eigenvalue weighted by molar-refractivity contribution is 0.217. The van der Waals surface area contributed by atoms with E-state index in [1.54, 1.807) is 0 Å². The van der Waals surface area contributed by atoms with Crippen LogP contribution in [0.3, 0.4) is 0 Å². The van der Waals surface area contributed by atoms with Gasteiger partial charge in [0.05, 0.1) is 10.0 Å². The molecule has 0 saturated carbocycles. The van der Waals surface area contributed by atoms with E-state index < -0.39 is 0 Å². The molecule has 21 heavy (non-hydrogen) atoms. The molecule has 1 heterocycles. The molecule has 1 aromatic carbocycles. The summed E-state index contributed by atoms with van der Waals surface area (Å²) in [6.45, 7) is 6.81. The Morgan fingerprint density at radius 2 is 1.95 bits per heavy atom. The van der Waals surface area contributed by atoms with Gasteiger partial charge in [-0.3, -0.25) is 0 Å². The van der Waals surface area contributed by atoms with Crippen molar-refractivity contribution in [1.82, 2.24) is 10.2 Å². The number of hydrogen-bond acceptors (Lipinski definition) is 2. The fourth-order valence-corrected chi connectivity index (χ4v) is 3.41. The smallest absolute Gasteiger partial charge is 0.0640 e. The summed E-state index contributed by atoms with van der Waals surface area (Å²) in [5.74, 6) is 0. The maximum absolute atomic E-state index is 6.40. The summed E-state index contributed by atoms with van der Waals surface area (Å²) in [4.78, 5) is 2.57. The van der Waals surface area contributed by atoms with Gasteiger partial charge >= 0.3 is 0 Å². The Hall–Kier alpha value is -0.280. The minimum Gasteiger partial charge on any atom is -0.310 e. The van der Waals surface area contributed by atoms with E-state index in [0.29, 0.717) is 10.0 Å². The SMILES string of the molecule is CCCNC(CCN1CCCCC1)c1cccc(Cl)c1Cl. The highest BCUT2D eigenvalue weighted by Gasteiger charge is 2.18. The Morgan fingerprint density at radius 1 is 1.19 bits per heavy atom. The molecule has 1 aromatic rings. The number of likely N-dealkylation sites (tertiary alicyclic amines) is 1. The van der Waals surface area contributed by atoms with Crippen molar-refractivity contribution in [2.45, 2.75) is 45.1 Å². The third-order valence-electron chi connectivity index (χ3n) is 4.18. The van der Waals surface area contributed by atoms with E-state index in [2.05, 4.69) is 23.2 Å². The molecule has 4 heteroatoms. The molecule has 2 rings (SSSR count). The molecule has 1 atom stereocenters. The molecular formula is C17H26Cl2N2. The number of piperidine rings is 1. The van der Waals surface area contributed by atoms with Crippen LogP contribution >= 0.6 is 23.2 Å². The summed E-state index contributed by atoms with van der Waals surface area (Å²) < 4.78 is 0. The lowest BCUT2D eigenvalue weighted by Crippen LogP contribution is -2.33. The van der Waals surface area contributed by atoms with E-state index in [9.17, 15) is 0 Å². The van der Waals surface area contributed by atoms with Crippen LogP contribution in [-0.4, -0.2) is 31.1 Å². The van der Waals surface area contributed by atoms with Gasteiger partial charge in [-0.25, -0.2) is 0 Å². The Kier molecular flexibility index (Phi) is 7.31. The Labute approximate surface area is 138 Å². The first kappa shape index (κ1) is 17.1. The van der Waals surface area contributed by atoms with Crippen molar-refractivity contribution in [2.75, 3.05) is 26.2 Å². The van der Waals surface area contributed by atoms with Crippen LogP contribution in [0.25, 0.3) is 0 Å². The normalized spacial score (nSPS) is 17.9. The Bertz CT molecular complexity index is 431. The van der Waals surface area contributed by atoms with E-state index in [1.807, 2.05) is 12.1 Å². The first-order valence-corrected chi connectivity index (χ1v) is 8.87. The fourth-order valence-electron chi connectivity index (χ4n) is 2.97. The summed E-state index contributed by atoms with van der Waals surface area (Å²) in [6, 6.07) is 6.23. The molecule has 0 radical (unpaired) electrons. The summed E-state index contributed by atoms with van der Waals surface area (Å²) in [5.41, 5.74) is 1.13. The zero-order chi connectivity index (χ0) is 15.1. The van der Waals surface area contributed by atoms with Crippen molar-refractivity contribution in [3.05, 3.63) is 33.8 Å². The van der Waals surface area contributed by atoms with Gasteiger partial charge in [0.25, 0.3) is 0 Å². The first-order chi connectivity index (χ1) is 10.2. The van der Waals surface area contributed by atoms with Gasteiger partial charge < -0.3 is 10.2 Å². The van der Waals surface area contributed by atoms with Crippen LogP contribution in [0.2, 0.25) is 10.0 Å². The monoisotopic (exact) mass is 328 g/mol. The van der Waals surface area contributed by atoms with Gasteiger partial charge in [0.15, 0.2) is 0 Å². The van der Waals surface area contributed by atoms with Gasteiger partial charge in [-0.15, -0.1) is 0 Å². The van der Waals surface area contributed by atoms with Crippen molar-refractivity contribution in [3.63, 3.8) is 0 Å². The maximum Gasteiger partial charge on any atom is 0.0640 e. The van der Waals surface area contributed by atoms with E-state index in [-0.39, 0.29) is 6.04 Å². The van der Waals surface area contributed by atoms with Crippen LogP contribution in [0.4, 0.5) is 0 Å². The minimum absolute atomic E-state index is 0.290. The van der Waals surface area contributed by atoms with Crippen LogP contribution in [0.15, 0.2) is 18.2 Å². The quantitative estimate of drug-likeness (QED) is 0.764. The van der Waals surface area contributed by atoms with E-state index in [4.69, 9.17) is 23.2 Å².